The van der Waals surface area contributed by atoms with E-state index < -0.39 is 29.6 Å². The van der Waals surface area contributed by atoms with Gasteiger partial charge >= 0.3 is 11.6 Å². The van der Waals surface area contributed by atoms with Crippen LogP contribution in [-0.4, -0.2) is 29.1 Å². The van der Waals surface area contributed by atoms with Crippen LogP contribution < -0.4 is 15.7 Å². The first-order valence-electron chi connectivity index (χ1n) is 9.45. The Kier molecular flexibility index (Phi) is 6.83. The van der Waals surface area contributed by atoms with E-state index in [4.69, 9.17) is 9.15 Å². The lowest BCUT2D eigenvalue weighted by Crippen LogP contribution is -2.49. The fraction of sp³-hybridized carbons (Fsp3) is 0.476. The second-order valence-corrected chi connectivity index (χ2v) is 6.98. The molecule has 1 aromatic heterocycles. The number of carboxylic acids is 1. The minimum atomic E-state index is -1.08. The summed E-state index contributed by atoms with van der Waals surface area (Å²) in [7, 11) is 0. The molecule has 0 saturated heterocycles. The number of carboxylic acid groups (broad SMARTS) is 1. The Bertz CT molecular complexity index is 932. The molecule has 1 amide bonds. The lowest BCUT2D eigenvalue weighted by Gasteiger charge is -2.23. The molecule has 1 heterocycles. The quantitative estimate of drug-likeness (QED) is 0.672. The molecule has 2 rings (SSSR count). The second kappa shape index (κ2) is 8.91. The van der Waals surface area contributed by atoms with Gasteiger partial charge in [-0.05, 0) is 43.9 Å². The lowest BCUT2D eigenvalue weighted by atomic mass is 9.99. The Morgan fingerprint density at radius 2 is 1.93 bits per heavy atom. The smallest absolute Gasteiger partial charge is 0.336 e. The summed E-state index contributed by atoms with van der Waals surface area (Å²) < 4.78 is 11.1. The maximum absolute atomic E-state index is 12.4. The Hall–Kier alpha value is -2.83. The fourth-order valence-electron chi connectivity index (χ4n) is 3.03. The molecule has 2 N–H and O–H groups in total. The van der Waals surface area contributed by atoms with Gasteiger partial charge in [0, 0.05) is 17.0 Å². The zero-order valence-corrected chi connectivity index (χ0v) is 16.9. The van der Waals surface area contributed by atoms with Crippen molar-refractivity contribution in [1.29, 1.82) is 0 Å². The molecular weight excluding hydrogens is 362 g/mol. The van der Waals surface area contributed by atoms with Gasteiger partial charge in [-0.2, -0.15) is 0 Å². The summed E-state index contributed by atoms with van der Waals surface area (Å²) in [5, 5.41) is 12.7. The molecule has 28 heavy (non-hydrogen) atoms. The Balaban J connectivity index is 2.26. The van der Waals surface area contributed by atoms with Crippen LogP contribution in [0.15, 0.2) is 27.4 Å². The molecule has 7 nitrogen and oxygen atoms in total. The number of carbonyl (C=O) groups excluding carboxylic acids is 1. The number of benzene rings is 1. The highest BCUT2D eigenvalue weighted by Crippen LogP contribution is 2.29. The second-order valence-electron chi connectivity index (χ2n) is 6.98. The number of amides is 1. The maximum atomic E-state index is 12.4. The number of nitrogens with one attached hydrogen (secondary N) is 1. The molecule has 0 bridgehead atoms. The Labute approximate surface area is 163 Å². The van der Waals surface area contributed by atoms with Gasteiger partial charge in [0.15, 0.2) is 6.10 Å². The van der Waals surface area contributed by atoms with Crippen LogP contribution in [0, 0.1) is 12.8 Å². The van der Waals surface area contributed by atoms with Crippen LogP contribution in [-0.2, 0) is 16.0 Å². The topological polar surface area (TPSA) is 106 Å². The van der Waals surface area contributed by atoms with Crippen molar-refractivity contribution in [2.75, 3.05) is 0 Å². The van der Waals surface area contributed by atoms with E-state index in [0.717, 1.165) is 10.9 Å². The molecule has 0 aliphatic carbocycles. The van der Waals surface area contributed by atoms with Gasteiger partial charge in [-0.25, -0.2) is 9.59 Å². The first-order valence-corrected chi connectivity index (χ1v) is 9.45. The summed E-state index contributed by atoms with van der Waals surface area (Å²) >= 11 is 0. The zero-order chi connectivity index (χ0) is 21.0. The average molecular weight is 389 g/mol. The highest BCUT2D eigenvalue weighted by molar-refractivity contribution is 5.87. The van der Waals surface area contributed by atoms with Crippen LogP contribution in [0.5, 0.6) is 5.75 Å². The van der Waals surface area contributed by atoms with E-state index in [1.54, 1.807) is 32.9 Å². The number of rotatable bonds is 8. The lowest BCUT2D eigenvalue weighted by molar-refractivity contribution is -0.144. The van der Waals surface area contributed by atoms with Gasteiger partial charge in [-0.1, -0.05) is 27.2 Å². The zero-order valence-electron chi connectivity index (χ0n) is 16.9. The van der Waals surface area contributed by atoms with Crippen LogP contribution >= 0.6 is 0 Å². The summed E-state index contributed by atoms with van der Waals surface area (Å²) in [6.07, 6.45) is 0.394. The monoisotopic (exact) mass is 389 g/mol. The van der Waals surface area contributed by atoms with Gasteiger partial charge < -0.3 is 19.6 Å². The largest absolute Gasteiger partial charge is 0.480 e. The molecular formula is C21H27NO6. The normalized spacial score (nSPS) is 14.3. The molecule has 0 aliphatic heterocycles. The average Bonchev–Trinajstić information content (AvgIpc) is 2.66. The molecule has 0 fully saturated rings. The molecule has 152 valence electrons. The van der Waals surface area contributed by atoms with E-state index in [1.807, 2.05) is 13.8 Å². The highest BCUT2D eigenvalue weighted by atomic mass is 16.5. The molecule has 2 aromatic rings. The van der Waals surface area contributed by atoms with Crippen molar-refractivity contribution >= 4 is 22.8 Å². The first kappa shape index (κ1) is 21.5. The predicted octanol–water partition coefficient (Wildman–Crippen LogP) is 3.05. The van der Waals surface area contributed by atoms with E-state index in [2.05, 4.69) is 5.32 Å². The third-order valence-corrected chi connectivity index (χ3v) is 5.03. The number of carbonyl (C=O) groups is 2. The standard InChI is InChI=1S/C21H27NO6/c1-6-11(3)18(21(25)26)22-20(24)13(5)27-16-9-8-15-14(7-2)10-17(23)28-19(15)12(16)4/h8-11,13,18H,6-7H2,1-5H3,(H,22,24)(H,25,26)/t11-,13-,18-/m0/s1. The van der Waals surface area contributed by atoms with E-state index in [-0.39, 0.29) is 5.92 Å². The number of aliphatic carboxylic acids is 1. The van der Waals surface area contributed by atoms with Crippen molar-refractivity contribution in [2.24, 2.45) is 5.92 Å². The summed E-state index contributed by atoms with van der Waals surface area (Å²) in [4.78, 5) is 35.7. The SMILES string of the molecule is CCc1cc(=O)oc2c(C)c(O[C@@H](C)C(=O)N[C@H](C(=O)O)[C@@H](C)CC)ccc12. The maximum Gasteiger partial charge on any atom is 0.336 e. The summed E-state index contributed by atoms with van der Waals surface area (Å²) in [6, 6.07) is 4.01. The number of fused-ring (bicyclic) bond motifs is 1. The molecule has 1 aromatic carbocycles. The molecule has 0 spiro atoms. The van der Waals surface area contributed by atoms with Crippen molar-refractivity contribution in [1.82, 2.24) is 5.32 Å². The van der Waals surface area contributed by atoms with E-state index in [0.29, 0.717) is 29.7 Å². The number of hydrogen-bond acceptors (Lipinski definition) is 5. The number of hydrogen-bond donors (Lipinski definition) is 2. The number of ether oxygens (including phenoxy) is 1. The molecule has 0 aliphatic rings. The fourth-order valence-corrected chi connectivity index (χ4v) is 3.03. The van der Waals surface area contributed by atoms with Gasteiger partial charge in [0.05, 0.1) is 0 Å². The summed E-state index contributed by atoms with van der Waals surface area (Å²) in [5.41, 5.74) is 1.48. The van der Waals surface area contributed by atoms with Crippen molar-refractivity contribution in [3.63, 3.8) is 0 Å². The van der Waals surface area contributed by atoms with Crippen molar-refractivity contribution in [3.8, 4) is 5.75 Å². The third-order valence-electron chi connectivity index (χ3n) is 5.03. The molecule has 3 atom stereocenters. The van der Waals surface area contributed by atoms with Crippen LogP contribution in [0.2, 0.25) is 0 Å². The van der Waals surface area contributed by atoms with Gasteiger partial charge in [0.2, 0.25) is 0 Å². The Morgan fingerprint density at radius 1 is 1.25 bits per heavy atom. The summed E-state index contributed by atoms with van der Waals surface area (Å²) in [5.74, 6) is -1.40. The minimum absolute atomic E-state index is 0.210. The van der Waals surface area contributed by atoms with E-state index in [1.165, 1.54) is 6.07 Å². The highest BCUT2D eigenvalue weighted by Gasteiger charge is 2.28. The van der Waals surface area contributed by atoms with E-state index in [9.17, 15) is 19.5 Å². The van der Waals surface area contributed by atoms with E-state index >= 15 is 0 Å². The van der Waals surface area contributed by atoms with Crippen molar-refractivity contribution in [2.45, 2.75) is 59.6 Å². The molecule has 0 saturated carbocycles. The van der Waals surface area contributed by atoms with Crippen LogP contribution in [0.25, 0.3) is 11.0 Å². The summed E-state index contributed by atoms with van der Waals surface area (Å²) in [6.45, 7) is 8.89. The van der Waals surface area contributed by atoms with Crippen molar-refractivity contribution in [3.05, 3.63) is 39.7 Å². The minimum Gasteiger partial charge on any atom is -0.480 e. The van der Waals surface area contributed by atoms with Gasteiger partial charge in [-0.3, -0.25) is 4.79 Å². The van der Waals surface area contributed by atoms with Gasteiger partial charge in [0.25, 0.3) is 5.91 Å². The first-order chi connectivity index (χ1) is 13.2. The van der Waals surface area contributed by atoms with Crippen molar-refractivity contribution < 1.29 is 23.8 Å². The predicted molar refractivity (Wildman–Crippen MR) is 106 cm³/mol. The third kappa shape index (κ3) is 4.52. The molecule has 0 unspecified atom stereocenters. The Morgan fingerprint density at radius 3 is 2.50 bits per heavy atom. The van der Waals surface area contributed by atoms with Gasteiger partial charge in [0.1, 0.15) is 17.4 Å². The molecule has 0 radical (unpaired) electrons. The van der Waals surface area contributed by atoms with Crippen LogP contribution in [0.4, 0.5) is 0 Å². The molecule has 7 heteroatoms. The van der Waals surface area contributed by atoms with Gasteiger partial charge in [-0.15, -0.1) is 0 Å². The number of aryl methyl sites for hydroxylation is 2. The van der Waals surface area contributed by atoms with Crippen LogP contribution in [0.1, 0.15) is 45.2 Å². The van der Waals surface area contributed by atoms with Crippen LogP contribution in [0.3, 0.4) is 0 Å².